The molecule has 0 spiro atoms. The van der Waals surface area contributed by atoms with Gasteiger partial charge < -0.3 is 9.47 Å². The zero-order valence-corrected chi connectivity index (χ0v) is 18.4. The zero-order valence-electron chi connectivity index (χ0n) is 16.8. The molecule has 156 valence electrons. The van der Waals surface area contributed by atoms with Crippen LogP contribution in [0.2, 0.25) is 5.02 Å². The van der Waals surface area contributed by atoms with E-state index in [0.29, 0.717) is 22.1 Å². The molecule has 30 heavy (non-hydrogen) atoms. The van der Waals surface area contributed by atoms with Gasteiger partial charge in [0.15, 0.2) is 0 Å². The lowest BCUT2D eigenvalue weighted by Gasteiger charge is -2.32. The quantitative estimate of drug-likeness (QED) is 0.614. The maximum Gasteiger partial charge on any atom is 0.218 e. The fourth-order valence-corrected chi connectivity index (χ4v) is 4.35. The van der Waals surface area contributed by atoms with Crippen molar-refractivity contribution >= 4 is 21.6 Å². The maximum atomic E-state index is 12.2. The van der Waals surface area contributed by atoms with E-state index < -0.39 is 20.9 Å². The van der Waals surface area contributed by atoms with Crippen LogP contribution in [-0.4, -0.2) is 15.5 Å². The number of ether oxygens (including phenoxy) is 2. The summed E-state index contributed by atoms with van der Waals surface area (Å²) in [6.45, 7) is 3.19. The average Bonchev–Trinajstić information content (AvgIpc) is 2.71. The molecule has 7 heteroatoms. The van der Waals surface area contributed by atoms with Crippen LogP contribution in [0.3, 0.4) is 0 Å². The van der Waals surface area contributed by atoms with E-state index in [-0.39, 0.29) is 0 Å². The number of rotatable bonds is 4. The van der Waals surface area contributed by atoms with Gasteiger partial charge in [0.2, 0.25) is 10.0 Å². The fourth-order valence-electron chi connectivity index (χ4n) is 3.70. The molecule has 2 N–H and O–H groups in total. The summed E-state index contributed by atoms with van der Waals surface area (Å²) >= 11 is 6.23. The van der Waals surface area contributed by atoms with Crippen molar-refractivity contribution < 1.29 is 17.9 Å². The molecule has 0 saturated carbocycles. The lowest BCUT2D eigenvalue weighted by Crippen LogP contribution is -2.35. The van der Waals surface area contributed by atoms with Crippen molar-refractivity contribution in [2.45, 2.75) is 24.7 Å². The van der Waals surface area contributed by atoms with E-state index in [4.69, 9.17) is 26.2 Å². The highest BCUT2D eigenvalue weighted by atomic mass is 35.5. The van der Waals surface area contributed by atoms with Gasteiger partial charge >= 0.3 is 0 Å². The molecule has 1 atom stereocenters. The molecule has 5 nitrogen and oxygen atoms in total. The van der Waals surface area contributed by atoms with Crippen LogP contribution in [0, 0.1) is 0 Å². The van der Waals surface area contributed by atoms with E-state index in [0.717, 1.165) is 22.3 Å². The van der Waals surface area contributed by atoms with Crippen molar-refractivity contribution in [3.05, 3.63) is 82.4 Å². The van der Waals surface area contributed by atoms with Gasteiger partial charge in [0.25, 0.3) is 0 Å². The topological polar surface area (TPSA) is 78.6 Å². The molecule has 0 bridgehead atoms. The molecule has 1 unspecified atom stereocenters. The Balaban J connectivity index is 1.99. The number of primary sulfonamides is 1. The van der Waals surface area contributed by atoms with Gasteiger partial charge in [0, 0.05) is 10.6 Å². The summed E-state index contributed by atoms with van der Waals surface area (Å²) in [5.74, 6) is 1.36. The van der Waals surface area contributed by atoms with Crippen LogP contribution in [-0.2, 0) is 14.8 Å². The monoisotopic (exact) mass is 443 g/mol. The van der Waals surface area contributed by atoms with E-state index in [1.807, 2.05) is 48.5 Å². The predicted molar refractivity (Wildman–Crippen MR) is 118 cm³/mol. The van der Waals surface area contributed by atoms with Crippen LogP contribution in [0.15, 0.2) is 60.7 Å². The van der Waals surface area contributed by atoms with Crippen molar-refractivity contribution in [2.75, 3.05) is 7.11 Å². The second-order valence-electron chi connectivity index (χ2n) is 7.74. The third-order valence-corrected chi connectivity index (χ3v) is 7.51. The first kappa shape index (κ1) is 20.7. The van der Waals surface area contributed by atoms with Crippen LogP contribution in [0.5, 0.6) is 11.5 Å². The molecular formula is C23H22ClNO4S. The molecule has 4 rings (SSSR count). The van der Waals surface area contributed by atoms with Gasteiger partial charge in [-0.05, 0) is 60.9 Å². The highest BCUT2D eigenvalue weighted by Crippen LogP contribution is 2.50. The van der Waals surface area contributed by atoms with Crippen molar-refractivity contribution in [1.29, 1.82) is 0 Å². The number of hydrogen-bond acceptors (Lipinski definition) is 4. The molecule has 0 aromatic heterocycles. The summed E-state index contributed by atoms with van der Waals surface area (Å²) in [5.41, 5.74) is 4.00. The number of methoxy groups -OCH3 is 1. The van der Waals surface area contributed by atoms with Crippen molar-refractivity contribution in [2.24, 2.45) is 5.14 Å². The van der Waals surface area contributed by atoms with E-state index >= 15 is 0 Å². The van der Waals surface area contributed by atoms with E-state index in [1.54, 1.807) is 33.1 Å². The van der Waals surface area contributed by atoms with Gasteiger partial charge in [0.05, 0.1) is 12.7 Å². The summed E-state index contributed by atoms with van der Waals surface area (Å²) in [4.78, 5) is 0. The lowest BCUT2D eigenvalue weighted by atomic mass is 9.86. The van der Waals surface area contributed by atoms with Crippen molar-refractivity contribution in [3.63, 3.8) is 0 Å². The SMILES string of the molecule is COc1cccc2c1-c1ccc(C(C)(C)S(N)(=O)=O)cc1C(c1cccc(Cl)c1)O2. The fraction of sp³-hybridized carbons (Fsp3) is 0.217. The highest BCUT2D eigenvalue weighted by molar-refractivity contribution is 7.90. The average molecular weight is 444 g/mol. The van der Waals surface area contributed by atoms with Gasteiger partial charge in [-0.1, -0.05) is 41.9 Å². The third-order valence-electron chi connectivity index (χ3n) is 5.61. The van der Waals surface area contributed by atoms with Gasteiger partial charge in [-0.15, -0.1) is 0 Å². The first-order valence-electron chi connectivity index (χ1n) is 9.40. The number of fused-ring (bicyclic) bond motifs is 3. The summed E-state index contributed by atoms with van der Waals surface area (Å²) < 4.78 is 35.1. The number of sulfonamides is 1. The summed E-state index contributed by atoms with van der Waals surface area (Å²) in [7, 11) is -2.22. The Morgan fingerprint density at radius 3 is 2.47 bits per heavy atom. The number of benzene rings is 3. The standard InChI is InChI=1S/C23H22ClNO4S/c1-23(2,30(25,26)27)15-10-11-17-18(13-15)22(14-6-4-7-16(24)12-14)29-20-9-5-8-19(28-3)21(17)20/h4-13,22H,1-3H3,(H2,25,26,27). The predicted octanol–water partition coefficient (Wildman–Crippen LogP) is 5.02. The first-order chi connectivity index (χ1) is 14.1. The van der Waals surface area contributed by atoms with Crippen LogP contribution >= 0.6 is 11.6 Å². The molecule has 3 aromatic carbocycles. The lowest BCUT2D eigenvalue weighted by molar-refractivity contribution is 0.242. The van der Waals surface area contributed by atoms with Crippen molar-refractivity contribution in [3.8, 4) is 22.6 Å². The summed E-state index contributed by atoms with van der Waals surface area (Å²) in [6, 6.07) is 18.6. The smallest absolute Gasteiger partial charge is 0.218 e. The largest absolute Gasteiger partial charge is 0.496 e. The highest BCUT2D eigenvalue weighted by Gasteiger charge is 2.36. The zero-order chi connectivity index (χ0) is 21.7. The molecule has 1 heterocycles. The Bertz CT molecular complexity index is 1240. The Morgan fingerprint density at radius 1 is 1.07 bits per heavy atom. The second kappa shape index (κ2) is 7.30. The summed E-state index contributed by atoms with van der Waals surface area (Å²) in [5, 5.41) is 6.11. The van der Waals surface area contributed by atoms with Crippen LogP contribution in [0.1, 0.15) is 36.6 Å². The molecule has 0 aliphatic carbocycles. The van der Waals surface area contributed by atoms with E-state index in [1.165, 1.54) is 0 Å². The van der Waals surface area contributed by atoms with Crippen LogP contribution in [0.25, 0.3) is 11.1 Å². The molecule has 1 aliphatic heterocycles. The van der Waals surface area contributed by atoms with Gasteiger partial charge in [0.1, 0.15) is 22.4 Å². The summed E-state index contributed by atoms with van der Waals surface area (Å²) in [6.07, 6.45) is -0.463. The maximum absolute atomic E-state index is 12.2. The number of nitrogens with two attached hydrogens (primary N) is 1. The Morgan fingerprint density at radius 2 is 1.80 bits per heavy atom. The van der Waals surface area contributed by atoms with Gasteiger partial charge in [-0.25, -0.2) is 13.6 Å². The molecule has 1 aliphatic rings. The minimum Gasteiger partial charge on any atom is -0.496 e. The number of halogens is 1. The molecule has 0 amide bonds. The third kappa shape index (κ3) is 3.35. The molecule has 0 radical (unpaired) electrons. The Kier molecular flexibility index (Phi) is 5.04. The molecule has 0 saturated heterocycles. The molecular weight excluding hydrogens is 422 g/mol. The van der Waals surface area contributed by atoms with Crippen LogP contribution in [0.4, 0.5) is 0 Å². The Labute approximate surface area is 181 Å². The minimum absolute atomic E-state index is 0.463. The Hall–Kier alpha value is -2.54. The van der Waals surface area contributed by atoms with Gasteiger partial charge in [-0.2, -0.15) is 0 Å². The van der Waals surface area contributed by atoms with E-state index in [9.17, 15) is 8.42 Å². The molecule has 0 fully saturated rings. The van der Waals surface area contributed by atoms with Crippen LogP contribution < -0.4 is 14.6 Å². The molecule has 3 aromatic rings. The first-order valence-corrected chi connectivity index (χ1v) is 11.3. The minimum atomic E-state index is -3.83. The van der Waals surface area contributed by atoms with Crippen molar-refractivity contribution in [1.82, 2.24) is 0 Å². The van der Waals surface area contributed by atoms with Gasteiger partial charge in [-0.3, -0.25) is 0 Å². The van der Waals surface area contributed by atoms with E-state index in [2.05, 4.69) is 0 Å². The number of hydrogen-bond donors (Lipinski definition) is 1. The second-order valence-corrected chi connectivity index (χ2v) is 10.3. The normalized spacial score (nSPS) is 15.7.